The summed E-state index contributed by atoms with van der Waals surface area (Å²) in [4.78, 5) is 12.5. The predicted molar refractivity (Wildman–Crippen MR) is 34.5 cm³/mol. The summed E-state index contributed by atoms with van der Waals surface area (Å²) >= 11 is 0. The Labute approximate surface area is 54.3 Å². The molecule has 1 saturated heterocycles. The third-order valence-corrected chi connectivity index (χ3v) is 1.42. The van der Waals surface area contributed by atoms with Crippen molar-refractivity contribution in [3.05, 3.63) is 12.3 Å². The molecule has 9 heavy (non-hydrogen) atoms. The van der Waals surface area contributed by atoms with Crippen LogP contribution >= 0.6 is 0 Å². The molecule has 1 aliphatic rings. The van der Waals surface area contributed by atoms with E-state index in [1.54, 1.807) is 0 Å². The highest BCUT2D eigenvalue weighted by molar-refractivity contribution is 5.79. The van der Waals surface area contributed by atoms with Crippen LogP contribution in [0.2, 0.25) is 0 Å². The van der Waals surface area contributed by atoms with Gasteiger partial charge in [-0.15, -0.1) is 0 Å². The maximum absolute atomic E-state index is 10.6. The second-order valence-corrected chi connectivity index (χ2v) is 2.20. The molecule has 1 heterocycles. The predicted octanol–water partition coefficient (Wildman–Crippen LogP) is -0.0907. The first kappa shape index (κ1) is 6.13. The Hall–Kier alpha value is -0.990. The highest BCUT2D eigenvalue weighted by atomic mass is 16.1. The van der Waals surface area contributed by atoms with Crippen molar-refractivity contribution in [2.24, 2.45) is 0 Å². The van der Waals surface area contributed by atoms with Crippen LogP contribution in [0.1, 0.15) is 6.42 Å². The van der Waals surface area contributed by atoms with Gasteiger partial charge in [-0.25, -0.2) is 0 Å². The number of carbonyl (C=O) groups excluding carboxylic acids is 1. The van der Waals surface area contributed by atoms with Gasteiger partial charge in [0, 0.05) is 12.7 Å². The lowest BCUT2D eigenvalue weighted by Crippen LogP contribution is -2.40. The maximum Gasteiger partial charge on any atom is 0.227 e. The number of hydrogen-bond acceptors (Lipinski definition) is 2. The van der Waals surface area contributed by atoms with Crippen LogP contribution in [-0.4, -0.2) is 24.5 Å². The number of rotatable bonds is 0. The van der Waals surface area contributed by atoms with Gasteiger partial charge < -0.3 is 10.2 Å². The quantitative estimate of drug-likeness (QED) is 0.492. The highest BCUT2D eigenvalue weighted by Gasteiger charge is 2.13. The number of nitrogens with zero attached hydrogens (tertiary/aromatic N) is 1. The zero-order valence-corrected chi connectivity index (χ0v) is 5.48. The summed E-state index contributed by atoms with van der Waals surface area (Å²) in [5.41, 5.74) is 0.888. The molecule has 0 unspecified atom stereocenters. The minimum atomic E-state index is 0.0677. The number of carbonyl (C=O) groups is 1. The van der Waals surface area contributed by atoms with Crippen molar-refractivity contribution in [2.75, 3.05) is 13.7 Å². The van der Waals surface area contributed by atoms with E-state index >= 15 is 0 Å². The van der Waals surface area contributed by atoms with Gasteiger partial charge in [0.2, 0.25) is 5.91 Å². The van der Waals surface area contributed by atoms with E-state index in [-0.39, 0.29) is 5.91 Å². The summed E-state index contributed by atoms with van der Waals surface area (Å²) in [6, 6.07) is 0. The van der Waals surface area contributed by atoms with Gasteiger partial charge in [-0.1, -0.05) is 6.58 Å². The first-order valence-electron chi connectivity index (χ1n) is 2.86. The molecular weight excluding hydrogens is 116 g/mol. The van der Waals surface area contributed by atoms with Crippen molar-refractivity contribution in [1.29, 1.82) is 0 Å². The smallest absolute Gasteiger partial charge is 0.227 e. The molecule has 0 aliphatic carbocycles. The molecule has 0 radical (unpaired) electrons. The Morgan fingerprint density at radius 3 is 2.89 bits per heavy atom. The minimum absolute atomic E-state index is 0.0677. The summed E-state index contributed by atoms with van der Waals surface area (Å²) in [6.07, 6.45) is 0.441. The second-order valence-electron chi connectivity index (χ2n) is 2.20. The van der Waals surface area contributed by atoms with Gasteiger partial charge in [0.15, 0.2) is 0 Å². The van der Waals surface area contributed by atoms with Crippen molar-refractivity contribution in [1.82, 2.24) is 10.2 Å². The van der Waals surface area contributed by atoms with Gasteiger partial charge in [0.05, 0.1) is 13.1 Å². The molecule has 0 bridgehead atoms. The average Bonchev–Trinajstić information content (AvgIpc) is 1.80. The van der Waals surface area contributed by atoms with Crippen LogP contribution in [0.25, 0.3) is 0 Å². The zero-order chi connectivity index (χ0) is 6.85. The normalized spacial score (nSPS) is 19.9. The molecule has 0 aromatic carbocycles. The van der Waals surface area contributed by atoms with Gasteiger partial charge in [0.25, 0.3) is 0 Å². The molecule has 0 aromatic rings. The van der Waals surface area contributed by atoms with E-state index in [1.807, 2.05) is 11.9 Å². The lowest BCUT2D eigenvalue weighted by molar-refractivity contribution is -0.122. The zero-order valence-electron chi connectivity index (χ0n) is 5.48. The molecule has 0 saturated carbocycles. The van der Waals surface area contributed by atoms with Crippen molar-refractivity contribution in [3.8, 4) is 0 Å². The summed E-state index contributed by atoms with van der Waals surface area (Å²) in [5.74, 6) is 0.0677. The number of nitrogens with one attached hydrogen (secondary N) is 1. The van der Waals surface area contributed by atoms with Crippen molar-refractivity contribution in [3.63, 3.8) is 0 Å². The topological polar surface area (TPSA) is 32.3 Å². The Kier molecular flexibility index (Phi) is 1.42. The fourth-order valence-electron chi connectivity index (χ4n) is 0.701. The Balaban J connectivity index is 2.54. The van der Waals surface area contributed by atoms with Crippen LogP contribution in [0.5, 0.6) is 0 Å². The second kappa shape index (κ2) is 2.09. The summed E-state index contributed by atoms with van der Waals surface area (Å²) in [6.45, 7) is 4.31. The maximum atomic E-state index is 10.6. The van der Waals surface area contributed by atoms with Crippen LogP contribution in [0, 0.1) is 0 Å². The van der Waals surface area contributed by atoms with E-state index in [9.17, 15) is 4.79 Å². The van der Waals surface area contributed by atoms with Gasteiger partial charge in [-0.05, 0) is 0 Å². The standard InChI is InChI=1S/C6H10N2O/c1-5-3-6(9)7-4-8(5)2/h1,3-4H2,2H3,(H,7,9). The summed E-state index contributed by atoms with van der Waals surface area (Å²) in [5, 5.41) is 2.69. The van der Waals surface area contributed by atoms with E-state index in [1.165, 1.54) is 0 Å². The largest absolute Gasteiger partial charge is 0.360 e. The minimum Gasteiger partial charge on any atom is -0.360 e. The lowest BCUT2D eigenvalue weighted by atomic mass is 10.2. The first-order valence-corrected chi connectivity index (χ1v) is 2.86. The third-order valence-electron chi connectivity index (χ3n) is 1.42. The van der Waals surface area contributed by atoms with Crippen molar-refractivity contribution in [2.45, 2.75) is 6.42 Å². The molecule has 3 heteroatoms. The molecule has 1 aliphatic heterocycles. The van der Waals surface area contributed by atoms with Crippen LogP contribution < -0.4 is 5.32 Å². The molecule has 0 aromatic heterocycles. The Morgan fingerprint density at radius 2 is 2.44 bits per heavy atom. The Morgan fingerprint density at radius 1 is 1.78 bits per heavy atom. The molecular formula is C6H10N2O. The van der Waals surface area contributed by atoms with Crippen LogP contribution in [0.4, 0.5) is 0 Å². The molecule has 0 spiro atoms. The monoisotopic (exact) mass is 126 g/mol. The van der Waals surface area contributed by atoms with E-state index < -0.39 is 0 Å². The van der Waals surface area contributed by atoms with Gasteiger partial charge in [-0.3, -0.25) is 4.79 Å². The molecule has 1 N–H and O–H groups in total. The number of hydrogen-bond donors (Lipinski definition) is 1. The molecule has 3 nitrogen and oxygen atoms in total. The van der Waals surface area contributed by atoms with Gasteiger partial charge in [-0.2, -0.15) is 0 Å². The fourth-order valence-corrected chi connectivity index (χ4v) is 0.701. The highest BCUT2D eigenvalue weighted by Crippen LogP contribution is 2.05. The lowest BCUT2D eigenvalue weighted by Gasteiger charge is -2.26. The molecule has 0 atom stereocenters. The molecule has 1 amide bonds. The van der Waals surface area contributed by atoms with Crippen LogP contribution in [0.15, 0.2) is 12.3 Å². The third kappa shape index (κ3) is 1.22. The van der Waals surface area contributed by atoms with Gasteiger partial charge in [0.1, 0.15) is 0 Å². The molecule has 50 valence electrons. The van der Waals surface area contributed by atoms with Crippen molar-refractivity contribution >= 4 is 5.91 Å². The average molecular weight is 126 g/mol. The molecule has 1 rings (SSSR count). The fraction of sp³-hybridized carbons (Fsp3) is 0.500. The number of amides is 1. The van der Waals surface area contributed by atoms with E-state index in [0.717, 1.165) is 5.70 Å². The van der Waals surface area contributed by atoms with E-state index in [2.05, 4.69) is 11.9 Å². The van der Waals surface area contributed by atoms with E-state index in [0.29, 0.717) is 13.1 Å². The first-order chi connectivity index (χ1) is 4.20. The van der Waals surface area contributed by atoms with Crippen LogP contribution in [0.3, 0.4) is 0 Å². The molecule has 1 fully saturated rings. The van der Waals surface area contributed by atoms with E-state index in [4.69, 9.17) is 0 Å². The van der Waals surface area contributed by atoms with Crippen molar-refractivity contribution < 1.29 is 4.79 Å². The summed E-state index contributed by atoms with van der Waals surface area (Å²) < 4.78 is 0. The van der Waals surface area contributed by atoms with Gasteiger partial charge >= 0.3 is 0 Å². The summed E-state index contributed by atoms with van der Waals surface area (Å²) in [7, 11) is 1.90. The Bertz CT molecular complexity index is 153. The SMILES string of the molecule is C=C1CC(=O)NCN1C. The van der Waals surface area contributed by atoms with Crippen LogP contribution in [-0.2, 0) is 4.79 Å².